The largest absolute Gasteiger partial charge is 0.395 e. The highest BCUT2D eigenvalue weighted by Crippen LogP contribution is 1.96. The molecule has 5 heteroatoms. The topological polar surface area (TPSA) is 40.5 Å². The Morgan fingerprint density at radius 3 is 2.50 bits per heavy atom. The molecule has 10 heavy (non-hydrogen) atoms. The van der Waals surface area contributed by atoms with Crippen LogP contribution in [0, 0.1) is 0 Å². The van der Waals surface area contributed by atoms with Gasteiger partial charge in [0.1, 0.15) is 0 Å². The Labute approximate surface area is 57.2 Å². The molecule has 0 aliphatic carbocycles. The van der Waals surface area contributed by atoms with Crippen LogP contribution in [0.5, 0.6) is 0 Å². The molecule has 0 aromatic rings. The molecule has 0 aliphatic rings. The van der Waals surface area contributed by atoms with Crippen molar-refractivity contribution in [1.29, 1.82) is 0 Å². The van der Waals surface area contributed by atoms with E-state index in [0.29, 0.717) is 0 Å². The van der Waals surface area contributed by atoms with Crippen LogP contribution < -0.4 is 0 Å². The van der Waals surface area contributed by atoms with Crippen molar-refractivity contribution in [2.24, 2.45) is 0 Å². The van der Waals surface area contributed by atoms with Gasteiger partial charge in [-0.1, -0.05) is 0 Å². The smallest absolute Gasteiger partial charge is 0.315 e. The van der Waals surface area contributed by atoms with Gasteiger partial charge in [0.15, 0.2) is 0 Å². The predicted octanol–water partition coefficient (Wildman–Crippen LogP) is -0.298. The Morgan fingerprint density at radius 2 is 2.20 bits per heavy atom. The lowest BCUT2D eigenvalue weighted by Gasteiger charge is -2.13. The Bertz CT molecular complexity index is 118. The van der Waals surface area contributed by atoms with Crippen molar-refractivity contribution >= 4 is 5.91 Å². The van der Waals surface area contributed by atoms with Gasteiger partial charge in [0.25, 0.3) is 5.91 Å². The highest BCUT2D eigenvalue weighted by molar-refractivity contribution is 5.78. The molecule has 0 aliphatic heterocycles. The molecule has 0 saturated heterocycles. The number of halogens is 2. The molecule has 1 amide bonds. The Morgan fingerprint density at radius 1 is 1.70 bits per heavy atom. The lowest BCUT2D eigenvalue weighted by atomic mass is 10.5. The zero-order valence-electron chi connectivity index (χ0n) is 5.55. The second kappa shape index (κ2) is 4.16. The van der Waals surface area contributed by atoms with Crippen LogP contribution in [0.25, 0.3) is 0 Å². The fourth-order valence-electron chi connectivity index (χ4n) is 0.427. The zero-order valence-corrected chi connectivity index (χ0v) is 5.55. The highest BCUT2D eigenvalue weighted by Gasteiger charge is 2.18. The highest BCUT2D eigenvalue weighted by atomic mass is 19.3. The zero-order chi connectivity index (χ0) is 8.15. The van der Waals surface area contributed by atoms with Crippen LogP contribution in [0.2, 0.25) is 0 Å². The number of aliphatic hydroxyl groups is 1. The molecule has 60 valence electrons. The molecule has 0 bridgehead atoms. The number of nitrogens with zero attached hydrogens (tertiary/aromatic N) is 1. The standard InChI is InChI=1S/C5H9F2NO2/c1-8(2-3-9)5(10)4(6)7/h4,9H,2-3H2,1H3. The third kappa shape index (κ3) is 2.72. The van der Waals surface area contributed by atoms with E-state index in [1.807, 2.05) is 0 Å². The summed E-state index contributed by atoms with van der Waals surface area (Å²) < 4.78 is 23.1. The summed E-state index contributed by atoms with van der Waals surface area (Å²) >= 11 is 0. The van der Waals surface area contributed by atoms with E-state index in [9.17, 15) is 13.6 Å². The maximum atomic E-state index is 11.5. The molecule has 0 aromatic heterocycles. The monoisotopic (exact) mass is 153 g/mol. The summed E-state index contributed by atoms with van der Waals surface area (Å²) in [6.45, 7) is -0.349. The Balaban J connectivity index is 3.71. The van der Waals surface area contributed by atoms with E-state index in [-0.39, 0.29) is 13.2 Å². The summed E-state index contributed by atoms with van der Waals surface area (Å²) in [5.74, 6) is -1.26. The van der Waals surface area contributed by atoms with Gasteiger partial charge in [-0.3, -0.25) is 4.79 Å². The number of carbonyl (C=O) groups is 1. The van der Waals surface area contributed by atoms with Gasteiger partial charge in [0, 0.05) is 13.6 Å². The van der Waals surface area contributed by atoms with Crippen LogP contribution >= 0.6 is 0 Å². The van der Waals surface area contributed by atoms with Crippen molar-refractivity contribution < 1.29 is 18.7 Å². The number of hydrogen-bond donors (Lipinski definition) is 1. The van der Waals surface area contributed by atoms with Gasteiger partial charge >= 0.3 is 6.43 Å². The second-order valence-electron chi connectivity index (χ2n) is 1.78. The Hall–Kier alpha value is -0.710. The lowest BCUT2D eigenvalue weighted by Crippen LogP contribution is -2.34. The van der Waals surface area contributed by atoms with Crippen molar-refractivity contribution in [2.75, 3.05) is 20.2 Å². The van der Waals surface area contributed by atoms with Crippen molar-refractivity contribution in [3.05, 3.63) is 0 Å². The molecule has 1 N–H and O–H groups in total. The van der Waals surface area contributed by atoms with Crippen LogP contribution in [-0.2, 0) is 4.79 Å². The molecule has 3 nitrogen and oxygen atoms in total. The molecule has 0 atom stereocenters. The number of amides is 1. The first-order valence-corrected chi connectivity index (χ1v) is 2.73. The number of aliphatic hydroxyl groups excluding tert-OH is 1. The first-order chi connectivity index (χ1) is 4.59. The number of alkyl halides is 2. The maximum absolute atomic E-state index is 11.5. The summed E-state index contributed by atoms with van der Waals surface area (Å²) in [4.78, 5) is 11.1. The van der Waals surface area contributed by atoms with E-state index in [1.54, 1.807) is 0 Å². The molecule has 0 heterocycles. The fraction of sp³-hybridized carbons (Fsp3) is 0.800. The van der Waals surface area contributed by atoms with Crippen molar-refractivity contribution in [3.8, 4) is 0 Å². The third-order valence-corrected chi connectivity index (χ3v) is 0.998. The predicted molar refractivity (Wildman–Crippen MR) is 30.7 cm³/mol. The van der Waals surface area contributed by atoms with E-state index in [1.165, 1.54) is 7.05 Å². The molecule has 0 aromatic carbocycles. The van der Waals surface area contributed by atoms with E-state index in [0.717, 1.165) is 4.90 Å². The van der Waals surface area contributed by atoms with Gasteiger partial charge in [-0.05, 0) is 0 Å². The van der Waals surface area contributed by atoms with Gasteiger partial charge in [0.2, 0.25) is 0 Å². The van der Waals surface area contributed by atoms with Crippen molar-refractivity contribution in [3.63, 3.8) is 0 Å². The van der Waals surface area contributed by atoms with Gasteiger partial charge in [-0.2, -0.15) is 8.78 Å². The fourth-order valence-corrected chi connectivity index (χ4v) is 0.427. The second-order valence-corrected chi connectivity index (χ2v) is 1.78. The van der Waals surface area contributed by atoms with Gasteiger partial charge < -0.3 is 10.0 Å². The number of likely N-dealkylation sites (N-methyl/N-ethyl adjacent to an activating group) is 1. The van der Waals surface area contributed by atoms with Crippen LogP contribution in [0.1, 0.15) is 0 Å². The van der Waals surface area contributed by atoms with Gasteiger partial charge in [-0.25, -0.2) is 0 Å². The van der Waals surface area contributed by atoms with Gasteiger partial charge in [0.05, 0.1) is 6.61 Å². The first kappa shape index (κ1) is 9.29. The molecular formula is C5H9F2NO2. The van der Waals surface area contributed by atoms with E-state index in [2.05, 4.69) is 0 Å². The van der Waals surface area contributed by atoms with E-state index in [4.69, 9.17) is 5.11 Å². The van der Waals surface area contributed by atoms with E-state index < -0.39 is 12.3 Å². The minimum absolute atomic E-state index is 0.0524. The summed E-state index contributed by atoms with van der Waals surface area (Å²) in [6.07, 6.45) is -2.98. The average molecular weight is 153 g/mol. The number of hydrogen-bond acceptors (Lipinski definition) is 2. The summed E-state index contributed by atoms with van der Waals surface area (Å²) in [6, 6.07) is 0. The van der Waals surface area contributed by atoms with Gasteiger partial charge in [-0.15, -0.1) is 0 Å². The summed E-state index contributed by atoms with van der Waals surface area (Å²) in [5.41, 5.74) is 0. The molecule has 0 rings (SSSR count). The SMILES string of the molecule is CN(CCO)C(=O)C(F)F. The molecular weight excluding hydrogens is 144 g/mol. The van der Waals surface area contributed by atoms with E-state index >= 15 is 0 Å². The molecule has 0 spiro atoms. The van der Waals surface area contributed by atoms with Crippen LogP contribution in [0.3, 0.4) is 0 Å². The normalized spacial score (nSPS) is 10.1. The molecule has 0 fully saturated rings. The summed E-state index contributed by atoms with van der Waals surface area (Å²) in [5, 5.41) is 8.23. The van der Waals surface area contributed by atoms with Crippen molar-refractivity contribution in [2.45, 2.75) is 6.43 Å². The van der Waals surface area contributed by atoms with Crippen LogP contribution in [0.4, 0.5) is 8.78 Å². The number of rotatable bonds is 3. The first-order valence-electron chi connectivity index (χ1n) is 2.73. The maximum Gasteiger partial charge on any atom is 0.315 e. The molecule has 0 saturated carbocycles. The number of carbonyl (C=O) groups excluding carboxylic acids is 1. The van der Waals surface area contributed by atoms with Crippen LogP contribution in [0.15, 0.2) is 0 Å². The minimum Gasteiger partial charge on any atom is -0.395 e. The average Bonchev–Trinajstić information content (AvgIpc) is 1.87. The Kier molecular flexibility index (Phi) is 3.87. The third-order valence-electron chi connectivity index (χ3n) is 0.998. The summed E-state index contributed by atoms with van der Waals surface area (Å²) in [7, 11) is 1.21. The molecule has 0 radical (unpaired) electrons. The quantitative estimate of drug-likeness (QED) is 0.604. The van der Waals surface area contributed by atoms with Crippen LogP contribution in [-0.4, -0.2) is 42.5 Å². The molecule has 0 unspecified atom stereocenters. The minimum atomic E-state index is -2.98. The van der Waals surface area contributed by atoms with Crippen molar-refractivity contribution in [1.82, 2.24) is 4.90 Å². The lowest BCUT2D eigenvalue weighted by molar-refractivity contribution is -0.141.